The minimum atomic E-state index is -1.05. The van der Waals surface area contributed by atoms with Gasteiger partial charge in [-0.3, -0.25) is 9.59 Å². The molecule has 2 N–H and O–H groups in total. The topological polar surface area (TPSA) is 86.7 Å². The first-order valence-corrected chi connectivity index (χ1v) is 8.66. The molecule has 1 aliphatic heterocycles. The maximum Gasteiger partial charge on any atom is 0.326 e. The highest BCUT2D eigenvalue weighted by atomic mass is 16.4. The third-order valence-electron chi connectivity index (χ3n) is 4.71. The Morgan fingerprint density at radius 2 is 1.88 bits per heavy atom. The van der Waals surface area contributed by atoms with E-state index in [0.29, 0.717) is 31.4 Å². The predicted octanol–water partition coefficient (Wildman–Crippen LogP) is 2.30. The van der Waals surface area contributed by atoms with E-state index in [9.17, 15) is 19.5 Å². The quantitative estimate of drug-likeness (QED) is 0.827. The summed E-state index contributed by atoms with van der Waals surface area (Å²) in [4.78, 5) is 38.6. The van der Waals surface area contributed by atoms with Crippen LogP contribution in [0, 0.1) is 5.92 Å². The largest absolute Gasteiger partial charge is 0.480 e. The molecule has 1 unspecified atom stereocenters. The summed E-state index contributed by atoms with van der Waals surface area (Å²) < 4.78 is 0. The zero-order valence-electron chi connectivity index (χ0n) is 15.0. The van der Waals surface area contributed by atoms with Crippen molar-refractivity contribution < 1.29 is 19.5 Å². The van der Waals surface area contributed by atoms with Crippen LogP contribution in [0.5, 0.6) is 0 Å². The number of hydrogen-bond acceptors (Lipinski definition) is 3. The van der Waals surface area contributed by atoms with Crippen molar-refractivity contribution in [3.63, 3.8) is 0 Å². The van der Waals surface area contributed by atoms with Gasteiger partial charge in [-0.15, -0.1) is 0 Å². The summed E-state index contributed by atoms with van der Waals surface area (Å²) in [7, 11) is 0. The van der Waals surface area contributed by atoms with Gasteiger partial charge in [-0.2, -0.15) is 0 Å². The lowest BCUT2D eigenvalue weighted by atomic mass is 9.95. The highest BCUT2D eigenvalue weighted by Crippen LogP contribution is 2.31. The molecule has 0 saturated carbocycles. The maximum absolute atomic E-state index is 12.8. The van der Waals surface area contributed by atoms with Gasteiger partial charge in [0, 0.05) is 12.1 Å². The summed E-state index contributed by atoms with van der Waals surface area (Å²) in [5.41, 5.74) is -0.502. The van der Waals surface area contributed by atoms with E-state index in [1.165, 1.54) is 0 Å². The summed E-state index contributed by atoms with van der Waals surface area (Å²) in [6.45, 7) is 6.01. The van der Waals surface area contributed by atoms with Crippen LogP contribution in [0.4, 0.5) is 0 Å². The minimum absolute atomic E-state index is 0.139. The summed E-state index contributed by atoms with van der Waals surface area (Å²) in [5, 5.41) is 12.0. The van der Waals surface area contributed by atoms with Crippen molar-refractivity contribution in [3.05, 3.63) is 35.9 Å². The van der Waals surface area contributed by atoms with Crippen molar-refractivity contribution in [1.82, 2.24) is 10.2 Å². The van der Waals surface area contributed by atoms with Crippen molar-refractivity contribution in [2.24, 2.45) is 5.92 Å². The van der Waals surface area contributed by atoms with Crippen molar-refractivity contribution in [2.45, 2.75) is 51.6 Å². The number of carbonyl (C=O) groups is 3. The van der Waals surface area contributed by atoms with E-state index in [0.717, 1.165) is 0 Å². The molecule has 0 radical (unpaired) electrons. The third kappa shape index (κ3) is 4.18. The van der Waals surface area contributed by atoms with Crippen LogP contribution >= 0.6 is 0 Å². The molecule has 1 aliphatic rings. The zero-order chi connectivity index (χ0) is 18.6. The number of carbonyl (C=O) groups excluding carboxylic acids is 2. The molecule has 2 amide bonds. The highest BCUT2D eigenvalue weighted by molar-refractivity contribution is 6.00. The standard InChI is InChI=1S/C19H26N2O4/c1-13(2)12-15(17(23)24)20-18(25)19(3)10-7-11-21(19)16(22)14-8-5-4-6-9-14/h4-6,8-9,13,15H,7,10-12H2,1-3H3,(H,20,25)(H,23,24)/t15-,19?/m1/s1. The number of benzene rings is 1. The first-order chi connectivity index (χ1) is 11.8. The van der Waals surface area contributed by atoms with Crippen LogP contribution in [0.2, 0.25) is 0 Å². The van der Waals surface area contributed by atoms with Gasteiger partial charge in [-0.05, 0) is 44.2 Å². The van der Waals surface area contributed by atoms with Crippen molar-refractivity contribution in [3.8, 4) is 0 Å². The number of aliphatic carboxylic acids is 1. The Labute approximate surface area is 148 Å². The molecule has 6 nitrogen and oxygen atoms in total. The Balaban J connectivity index is 2.18. The SMILES string of the molecule is CC(C)C[C@@H](NC(=O)C1(C)CCCN1C(=O)c1ccccc1)C(=O)O. The number of nitrogens with one attached hydrogen (secondary N) is 1. The summed E-state index contributed by atoms with van der Waals surface area (Å²) in [6, 6.07) is 7.89. The van der Waals surface area contributed by atoms with Gasteiger partial charge in [0.25, 0.3) is 5.91 Å². The molecule has 1 heterocycles. The molecule has 1 saturated heterocycles. The summed E-state index contributed by atoms with van der Waals surface area (Å²) in [6.07, 6.45) is 1.58. The molecule has 1 aromatic carbocycles. The zero-order valence-corrected chi connectivity index (χ0v) is 15.0. The number of likely N-dealkylation sites (tertiary alicyclic amines) is 1. The summed E-state index contributed by atoms with van der Waals surface area (Å²) in [5.74, 6) is -1.52. The molecule has 136 valence electrons. The molecule has 0 aromatic heterocycles. The van der Waals surface area contributed by atoms with Crippen molar-refractivity contribution in [2.75, 3.05) is 6.54 Å². The number of carboxylic acids is 1. The van der Waals surface area contributed by atoms with Crippen LogP contribution in [0.25, 0.3) is 0 Å². The molecule has 25 heavy (non-hydrogen) atoms. The highest BCUT2D eigenvalue weighted by Gasteiger charge is 2.46. The number of nitrogens with zero attached hydrogens (tertiary/aromatic N) is 1. The Kier molecular flexibility index (Phi) is 5.82. The maximum atomic E-state index is 12.8. The van der Waals surface area contributed by atoms with Crippen molar-refractivity contribution in [1.29, 1.82) is 0 Å². The average molecular weight is 346 g/mol. The van der Waals surface area contributed by atoms with Gasteiger partial charge in [-0.25, -0.2) is 4.79 Å². The molecule has 2 rings (SSSR count). The summed E-state index contributed by atoms with van der Waals surface area (Å²) >= 11 is 0. The predicted molar refractivity (Wildman–Crippen MR) is 94.1 cm³/mol. The molecule has 1 aromatic rings. The van der Waals surface area contributed by atoms with E-state index in [2.05, 4.69) is 5.32 Å². The third-order valence-corrected chi connectivity index (χ3v) is 4.71. The van der Waals surface area contributed by atoms with Crippen LogP contribution in [0.1, 0.15) is 50.4 Å². The fraction of sp³-hybridized carbons (Fsp3) is 0.526. The van der Waals surface area contributed by atoms with Crippen LogP contribution in [-0.4, -0.2) is 45.9 Å². The second kappa shape index (κ2) is 7.68. The van der Waals surface area contributed by atoms with Crippen LogP contribution in [-0.2, 0) is 9.59 Å². The van der Waals surface area contributed by atoms with E-state index in [4.69, 9.17) is 0 Å². The van der Waals surface area contributed by atoms with E-state index in [1.54, 1.807) is 36.1 Å². The van der Waals surface area contributed by atoms with Gasteiger partial charge >= 0.3 is 5.97 Å². The lowest BCUT2D eigenvalue weighted by molar-refractivity contribution is -0.144. The molecule has 6 heteroatoms. The second-order valence-corrected chi connectivity index (χ2v) is 7.19. The van der Waals surface area contributed by atoms with Gasteiger partial charge < -0.3 is 15.3 Å². The van der Waals surface area contributed by atoms with E-state index in [1.807, 2.05) is 19.9 Å². The first kappa shape index (κ1) is 19.0. The first-order valence-electron chi connectivity index (χ1n) is 8.66. The lowest BCUT2D eigenvalue weighted by Crippen LogP contribution is -2.58. The smallest absolute Gasteiger partial charge is 0.326 e. The number of carboxylic acid groups (broad SMARTS) is 1. The van der Waals surface area contributed by atoms with Crippen molar-refractivity contribution >= 4 is 17.8 Å². The monoisotopic (exact) mass is 346 g/mol. The van der Waals surface area contributed by atoms with Crippen LogP contribution in [0.15, 0.2) is 30.3 Å². The fourth-order valence-corrected chi connectivity index (χ4v) is 3.27. The molecule has 0 aliphatic carbocycles. The second-order valence-electron chi connectivity index (χ2n) is 7.19. The van der Waals surface area contributed by atoms with Crippen LogP contribution < -0.4 is 5.32 Å². The number of amides is 2. The van der Waals surface area contributed by atoms with Gasteiger partial charge in [0.2, 0.25) is 5.91 Å². The molecular formula is C19H26N2O4. The van der Waals surface area contributed by atoms with Gasteiger partial charge in [0.1, 0.15) is 11.6 Å². The lowest BCUT2D eigenvalue weighted by Gasteiger charge is -2.35. The molecule has 2 atom stereocenters. The Hall–Kier alpha value is -2.37. The van der Waals surface area contributed by atoms with Gasteiger partial charge in [-0.1, -0.05) is 32.0 Å². The Bertz CT molecular complexity index is 644. The number of rotatable bonds is 6. The molecule has 0 bridgehead atoms. The van der Waals surface area contributed by atoms with Gasteiger partial charge in [0.15, 0.2) is 0 Å². The molecule has 1 fully saturated rings. The van der Waals surface area contributed by atoms with E-state index in [-0.39, 0.29) is 11.8 Å². The number of hydrogen-bond donors (Lipinski definition) is 2. The normalized spacial score (nSPS) is 21.2. The average Bonchev–Trinajstić information content (AvgIpc) is 2.97. The Morgan fingerprint density at radius 1 is 1.24 bits per heavy atom. The molecule has 0 spiro atoms. The van der Waals surface area contributed by atoms with Gasteiger partial charge in [0.05, 0.1) is 0 Å². The minimum Gasteiger partial charge on any atom is -0.480 e. The van der Waals surface area contributed by atoms with Crippen LogP contribution in [0.3, 0.4) is 0 Å². The molecular weight excluding hydrogens is 320 g/mol. The van der Waals surface area contributed by atoms with E-state index < -0.39 is 23.5 Å². The van der Waals surface area contributed by atoms with E-state index >= 15 is 0 Å². The fourth-order valence-electron chi connectivity index (χ4n) is 3.27. The Morgan fingerprint density at radius 3 is 2.44 bits per heavy atom.